The number of carbonyl (C=O) groups is 2. The molecular weight excluding hydrogens is 584 g/mol. The van der Waals surface area contributed by atoms with E-state index in [2.05, 4.69) is 45.0 Å². The summed E-state index contributed by atoms with van der Waals surface area (Å²) in [7, 11) is 1.65. The summed E-state index contributed by atoms with van der Waals surface area (Å²) in [5.41, 5.74) is 2.71. The Kier molecular flexibility index (Phi) is 7.88. The van der Waals surface area contributed by atoms with Gasteiger partial charge in [0.2, 0.25) is 0 Å². The topological polar surface area (TPSA) is 87.7 Å². The molecular formula is C28H28BrClN6O3. The van der Waals surface area contributed by atoms with Gasteiger partial charge >= 0.3 is 0 Å². The van der Waals surface area contributed by atoms with E-state index in [0.717, 1.165) is 15.9 Å². The van der Waals surface area contributed by atoms with Gasteiger partial charge < -0.3 is 14.2 Å². The van der Waals surface area contributed by atoms with Crippen molar-refractivity contribution in [1.82, 2.24) is 24.8 Å². The molecule has 1 fully saturated rings. The summed E-state index contributed by atoms with van der Waals surface area (Å²) in [5.74, 6) is -0.204. The first kappa shape index (κ1) is 27.1. The highest BCUT2D eigenvalue weighted by molar-refractivity contribution is 9.10. The fraction of sp³-hybridized carbons (Fsp3) is 0.286. The summed E-state index contributed by atoms with van der Waals surface area (Å²) in [6.07, 6.45) is 3.37. The molecule has 1 aliphatic heterocycles. The molecule has 9 nitrogen and oxygen atoms in total. The Hall–Kier alpha value is -3.47. The number of hydrogen-bond donors (Lipinski definition) is 0. The van der Waals surface area contributed by atoms with Gasteiger partial charge in [-0.25, -0.2) is 4.68 Å². The van der Waals surface area contributed by atoms with Crippen LogP contribution in [-0.4, -0.2) is 68.8 Å². The predicted octanol–water partition coefficient (Wildman–Crippen LogP) is 5.29. The summed E-state index contributed by atoms with van der Waals surface area (Å²) in [4.78, 5) is 32.2. The van der Waals surface area contributed by atoms with Crippen LogP contribution >= 0.6 is 27.5 Å². The average molecular weight is 612 g/mol. The van der Waals surface area contributed by atoms with Crippen LogP contribution in [0.25, 0.3) is 5.69 Å². The third-order valence-electron chi connectivity index (χ3n) is 6.97. The molecule has 0 saturated carbocycles. The Morgan fingerprint density at radius 1 is 1.10 bits per heavy atom. The minimum atomic E-state index is -0.314. The Morgan fingerprint density at radius 3 is 2.54 bits per heavy atom. The molecule has 2 aromatic heterocycles. The third-order valence-corrected chi connectivity index (χ3v) is 8.19. The Labute approximate surface area is 240 Å². The molecule has 202 valence electrons. The van der Waals surface area contributed by atoms with Gasteiger partial charge in [0.15, 0.2) is 5.76 Å². The van der Waals surface area contributed by atoms with Gasteiger partial charge in [0, 0.05) is 43.2 Å². The first-order valence-corrected chi connectivity index (χ1v) is 13.7. The standard InChI is InChI=1S/C28H28BrClN6O3/c1-18-14-34(27(37)22-7-4-5-8-25(22)33(3)28(38)26-9-6-12-39-26)15-19(2)35(18)16-20-17-36(32-31-20)21-10-11-24(30)23(29)13-21/h4-13,17-19H,14-16H2,1-3H3/t18-,19+. The lowest BCUT2D eigenvalue weighted by Crippen LogP contribution is -2.57. The first-order chi connectivity index (χ1) is 18.7. The molecule has 0 aliphatic carbocycles. The van der Waals surface area contributed by atoms with E-state index in [9.17, 15) is 9.59 Å². The van der Waals surface area contributed by atoms with E-state index in [1.807, 2.05) is 41.4 Å². The molecule has 0 unspecified atom stereocenters. The largest absolute Gasteiger partial charge is 0.459 e. The Balaban J connectivity index is 1.28. The predicted molar refractivity (Wildman–Crippen MR) is 152 cm³/mol. The minimum absolute atomic E-state index is 0.0853. The fourth-order valence-electron chi connectivity index (χ4n) is 4.94. The number of benzene rings is 2. The maximum atomic E-state index is 13.7. The van der Waals surface area contributed by atoms with Gasteiger partial charge in [0.05, 0.1) is 40.1 Å². The van der Waals surface area contributed by atoms with Crippen LogP contribution in [0.3, 0.4) is 0 Å². The Bertz CT molecular complexity index is 1480. The van der Waals surface area contributed by atoms with E-state index >= 15 is 0 Å². The maximum Gasteiger partial charge on any atom is 0.293 e. The molecule has 0 bridgehead atoms. The quantitative estimate of drug-likeness (QED) is 0.295. The first-order valence-electron chi connectivity index (χ1n) is 12.5. The molecule has 1 saturated heterocycles. The molecule has 0 radical (unpaired) electrons. The monoisotopic (exact) mass is 610 g/mol. The Morgan fingerprint density at radius 2 is 1.85 bits per heavy atom. The lowest BCUT2D eigenvalue weighted by atomic mass is 10.0. The summed E-state index contributed by atoms with van der Waals surface area (Å²) >= 11 is 9.57. The molecule has 2 atom stereocenters. The second kappa shape index (κ2) is 11.3. The van der Waals surface area contributed by atoms with E-state index in [1.54, 1.807) is 36.0 Å². The van der Waals surface area contributed by atoms with Crippen molar-refractivity contribution in [3.8, 4) is 5.69 Å². The van der Waals surface area contributed by atoms with Crippen LogP contribution in [0.5, 0.6) is 0 Å². The highest BCUT2D eigenvalue weighted by Gasteiger charge is 2.34. The number of para-hydroxylation sites is 1. The third kappa shape index (κ3) is 5.63. The lowest BCUT2D eigenvalue weighted by Gasteiger charge is -2.44. The molecule has 3 heterocycles. The van der Waals surface area contributed by atoms with Gasteiger partial charge in [-0.3, -0.25) is 14.5 Å². The van der Waals surface area contributed by atoms with Crippen molar-refractivity contribution in [3.05, 3.63) is 93.6 Å². The van der Waals surface area contributed by atoms with Crippen LogP contribution in [0.1, 0.15) is 40.5 Å². The van der Waals surface area contributed by atoms with Gasteiger partial charge in [0.1, 0.15) is 0 Å². The number of halogens is 2. The second-order valence-electron chi connectivity index (χ2n) is 9.69. The van der Waals surface area contributed by atoms with Crippen molar-refractivity contribution in [2.24, 2.45) is 0 Å². The zero-order valence-electron chi connectivity index (χ0n) is 21.8. The van der Waals surface area contributed by atoms with Crippen LogP contribution in [0.2, 0.25) is 5.02 Å². The van der Waals surface area contributed by atoms with Crippen molar-refractivity contribution >= 4 is 45.0 Å². The van der Waals surface area contributed by atoms with E-state index in [1.165, 1.54) is 11.2 Å². The van der Waals surface area contributed by atoms with Crippen molar-refractivity contribution in [3.63, 3.8) is 0 Å². The smallest absolute Gasteiger partial charge is 0.293 e. The summed E-state index contributed by atoms with van der Waals surface area (Å²) in [6.45, 7) is 5.91. The minimum Gasteiger partial charge on any atom is -0.459 e. The molecule has 39 heavy (non-hydrogen) atoms. The zero-order chi connectivity index (χ0) is 27.7. The van der Waals surface area contributed by atoms with E-state index in [-0.39, 0.29) is 29.7 Å². The van der Waals surface area contributed by atoms with Crippen molar-refractivity contribution in [1.29, 1.82) is 0 Å². The van der Waals surface area contributed by atoms with E-state index in [0.29, 0.717) is 35.9 Å². The number of piperazine rings is 1. The molecule has 4 aromatic rings. The van der Waals surface area contributed by atoms with Gasteiger partial charge in [-0.15, -0.1) is 5.10 Å². The number of rotatable bonds is 6. The van der Waals surface area contributed by atoms with Gasteiger partial charge in [0.25, 0.3) is 11.8 Å². The molecule has 5 rings (SSSR count). The number of furan rings is 1. The highest BCUT2D eigenvalue weighted by Crippen LogP contribution is 2.27. The number of amides is 2. The summed E-state index contributed by atoms with van der Waals surface area (Å²) < 4.78 is 7.79. The van der Waals surface area contributed by atoms with Crippen LogP contribution in [-0.2, 0) is 6.54 Å². The van der Waals surface area contributed by atoms with Crippen molar-refractivity contribution in [2.75, 3.05) is 25.0 Å². The summed E-state index contributed by atoms with van der Waals surface area (Å²) in [5, 5.41) is 9.29. The number of carbonyl (C=O) groups excluding carboxylic acids is 2. The van der Waals surface area contributed by atoms with Crippen LogP contribution < -0.4 is 4.90 Å². The fourth-order valence-corrected chi connectivity index (χ4v) is 5.42. The average Bonchev–Trinajstić information content (AvgIpc) is 3.64. The number of nitrogens with zero attached hydrogens (tertiary/aromatic N) is 6. The van der Waals surface area contributed by atoms with Gasteiger partial charge in [-0.1, -0.05) is 28.9 Å². The van der Waals surface area contributed by atoms with Crippen LogP contribution in [0.4, 0.5) is 5.69 Å². The highest BCUT2D eigenvalue weighted by atomic mass is 79.9. The molecule has 0 N–H and O–H groups in total. The normalized spacial score (nSPS) is 17.8. The molecule has 2 amide bonds. The molecule has 11 heteroatoms. The second-order valence-corrected chi connectivity index (χ2v) is 11.0. The SMILES string of the molecule is C[C@@H]1CN(C(=O)c2ccccc2N(C)C(=O)c2ccco2)C[C@H](C)N1Cc1cn(-c2ccc(Cl)c(Br)c2)nn1. The zero-order valence-corrected chi connectivity index (χ0v) is 24.1. The van der Waals surface area contributed by atoms with E-state index < -0.39 is 0 Å². The van der Waals surface area contributed by atoms with Gasteiger partial charge in [-0.05, 0) is 72.2 Å². The number of anilines is 1. The van der Waals surface area contributed by atoms with Crippen LogP contribution in [0.15, 0.2) is 75.9 Å². The number of aromatic nitrogens is 3. The lowest BCUT2D eigenvalue weighted by molar-refractivity contribution is 0.0264. The maximum absolute atomic E-state index is 13.7. The van der Waals surface area contributed by atoms with E-state index in [4.69, 9.17) is 16.0 Å². The molecule has 0 spiro atoms. The molecule has 1 aliphatic rings. The van der Waals surface area contributed by atoms with Crippen molar-refractivity contribution in [2.45, 2.75) is 32.5 Å². The molecule has 2 aromatic carbocycles. The summed E-state index contributed by atoms with van der Waals surface area (Å²) in [6, 6.07) is 16.2. The van der Waals surface area contributed by atoms with Crippen LogP contribution in [0, 0.1) is 0 Å². The van der Waals surface area contributed by atoms with Crippen molar-refractivity contribution < 1.29 is 14.0 Å². The number of hydrogen-bond acceptors (Lipinski definition) is 6. The van der Waals surface area contributed by atoms with Gasteiger partial charge in [-0.2, -0.15) is 0 Å².